The van der Waals surface area contributed by atoms with E-state index in [1.165, 1.54) is 12.1 Å². The molecule has 0 aliphatic heterocycles. The van der Waals surface area contributed by atoms with Gasteiger partial charge >= 0.3 is 0 Å². The average molecular weight is 239 g/mol. The van der Waals surface area contributed by atoms with Crippen LogP contribution in [0, 0.1) is 0 Å². The molecule has 4 nitrogen and oxygen atoms in total. The molecule has 88 valence electrons. The predicted molar refractivity (Wildman–Crippen MR) is 68.5 cm³/mol. The fourth-order valence-corrected chi connectivity index (χ4v) is 1.83. The molecule has 4 heteroatoms. The number of H-pyrrole nitrogens is 1. The first-order valence-corrected chi connectivity index (χ1v) is 5.47. The Morgan fingerprint density at radius 3 is 2.61 bits per heavy atom. The predicted octanol–water partition coefficient (Wildman–Crippen LogP) is 2.15. The van der Waals surface area contributed by atoms with Gasteiger partial charge in [0, 0.05) is 12.1 Å². The summed E-state index contributed by atoms with van der Waals surface area (Å²) in [7, 11) is 0. The molecule has 0 bridgehead atoms. The quantitative estimate of drug-likeness (QED) is 0.707. The molecule has 0 aliphatic carbocycles. The minimum absolute atomic E-state index is 0.128. The summed E-state index contributed by atoms with van der Waals surface area (Å²) in [5.41, 5.74) is 0.634. The zero-order chi connectivity index (χ0) is 12.5. The first kappa shape index (κ1) is 10.5. The Morgan fingerprint density at radius 2 is 1.78 bits per heavy atom. The van der Waals surface area contributed by atoms with Crippen molar-refractivity contribution < 1.29 is 4.42 Å². The Bertz CT molecular complexity index is 830. The second-order valence-electron chi connectivity index (χ2n) is 3.90. The van der Waals surface area contributed by atoms with E-state index in [2.05, 4.69) is 4.98 Å². The Balaban J connectivity index is 2.31. The summed E-state index contributed by atoms with van der Waals surface area (Å²) in [4.78, 5) is 25.8. The lowest BCUT2D eigenvalue weighted by Gasteiger charge is -2.02. The fourth-order valence-electron chi connectivity index (χ4n) is 1.83. The van der Waals surface area contributed by atoms with Crippen LogP contribution >= 0.6 is 0 Å². The first-order valence-electron chi connectivity index (χ1n) is 5.47. The SMILES string of the molecule is O=c1cccc(-c2cc(=O)c3ccccc3o2)[nH]1. The highest BCUT2D eigenvalue weighted by atomic mass is 16.3. The molecule has 2 aromatic heterocycles. The van der Waals surface area contributed by atoms with Crippen LogP contribution in [0.4, 0.5) is 0 Å². The van der Waals surface area contributed by atoms with Crippen LogP contribution in [0.3, 0.4) is 0 Å². The molecule has 2 heterocycles. The van der Waals surface area contributed by atoms with Gasteiger partial charge in [-0.05, 0) is 18.2 Å². The Kier molecular flexibility index (Phi) is 2.34. The molecule has 0 spiro atoms. The van der Waals surface area contributed by atoms with Crippen LogP contribution in [-0.4, -0.2) is 4.98 Å². The van der Waals surface area contributed by atoms with E-state index < -0.39 is 0 Å². The maximum absolute atomic E-state index is 11.9. The average Bonchev–Trinajstić information content (AvgIpc) is 2.39. The van der Waals surface area contributed by atoms with Crippen LogP contribution < -0.4 is 11.0 Å². The van der Waals surface area contributed by atoms with Gasteiger partial charge in [0.05, 0.1) is 11.1 Å². The highest BCUT2D eigenvalue weighted by Crippen LogP contribution is 2.18. The van der Waals surface area contributed by atoms with E-state index in [-0.39, 0.29) is 11.0 Å². The van der Waals surface area contributed by atoms with Gasteiger partial charge < -0.3 is 9.40 Å². The van der Waals surface area contributed by atoms with Gasteiger partial charge in [0.25, 0.3) is 0 Å². The van der Waals surface area contributed by atoms with E-state index in [4.69, 9.17) is 4.42 Å². The van der Waals surface area contributed by atoms with Crippen molar-refractivity contribution in [3.05, 3.63) is 69.1 Å². The summed E-state index contributed by atoms with van der Waals surface area (Å²) in [6.07, 6.45) is 0. The second kappa shape index (κ2) is 4.00. The topological polar surface area (TPSA) is 63.1 Å². The van der Waals surface area contributed by atoms with Gasteiger partial charge in [-0.25, -0.2) is 0 Å². The molecule has 0 saturated carbocycles. The molecule has 0 fully saturated rings. The van der Waals surface area contributed by atoms with Gasteiger partial charge in [0.15, 0.2) is 11.2 Å². The monoisotopic (exact) mass is 239 g/mol. The van der Waals surface area contributed by atoms with Gasteiger partial charge in [-0.1, -0.05) is 18.2 Å². The molecule has 0 amide bonds. The van der Waals surface area contributed by atoms with Crippen LogP contribution in [0.1, 0.15) is 0 Å². The van der Waals surface area contributed by atoms with Gasteiger partial charge in [-0.3, -0.25) is 9.59 Å². The number of para-hydroxylation sites is 1. The van der Waals surface area contributed by atoms with Crippen molar-refractivity contribution in [2.24, 2.45) is 0 Å². The van der Waals surface area contributed by atoms with Crippen molar-refractivity contribution in [1.82, 2.24) is 4.98 Å². The smallest absolute Gasteiger partial charge is 0.248 e. The highest BCUT2D eigenvalue weighted by molar-refractivity contribution is 5.78. The van der Waals surface area contributed by atoms with Crippen molar-refractivity contribution >= 4 is 11.0 Å². The molecule has 0 radical (unpaired) electrons. The Morgan fingerprint density at radius 1 is 0.944 bits per heavy atom. The van der Waals surface area contributed by atoms with Crippen molar-refractivity contribution in [2.45, 2.75) is 0 Å². The maximum atomic E-state index is 11.9. The minimum atomic E-state index is -0.233. The van der Waals surface area contributed by atoms with E-state index >= 15 is 0 Å². The fraction of sp³-hybridized carbons (Fsp3) is 0. The molecule has 0 saturated heterocycles. The van der Waals surface area contributed by atoms with Crippen molar-refractivity contribution in [1.29, 1.82) is 0 Å². The summed E-state index contributed by atoms with van der Waals surface area (Å²) < 4.78 is 5.61. The van der Waals surface area contributed by atoms with E-state index in [1.54, 1.807) is 36.4 Å². The molecule has 3 rings (SSSR count). The molecule has 1 aromatic carbocycles. The van der Waals surface area contributed by atoms with E-state index in [0.29, 0.717) is 22.4 Å². The summed E-state index contributed by atoms with van der Waals surface area (Å²) in [5.74, 6) is 0.358. The number of hydrogen-bond donors (Lipinski definition) is 1. The Hall–Kier alpha value is -2.62. The number of nitrogens with one attached hydrogen (secondary N) is 1. The van der Waals surface area contributed by atoms with Crippen LogP contribution in [0.2, 0.25) is 0 Å². The minimum Gasteiger partial charge on any atom is -0.454 e. The van der Waals surface area contributed by atoms with E-state index in [1.807, 2.05) is 0 Å². The number of aromatic nitrogens is 1. The van der Waals surface area contributed by atoms with Crippen LogP contribution in [0.15, 0.2) is 62.5 Å². The molecule has 0 atom stereocenters. The van der Waals surface area contributed by atoms with Gasteiger partial charge in [-0.2, -0.15) is 0 Å². The standard InChI is InChI=1S/C14H9NO3/c16-11-8-13(10-5-3-7-14(17)15-10)18-12-6-2-1-4-9(11)12/h1-8H,(H,15,17). The number of benzene rings is 1. The van der Waals surface area contributed by atoms with Crippen LogP contribution in [-0.2, 0) is 0 Å². The number of aromatic amines is 1. The molecular formula is C14H9NO3. The summed E-state index contributed by atoms with van der Waals surface area (Å²) in [6.45, 7) is 0. The third kappa shape index (κ3) is 1.73. The molecule has 1 N–H and O–H groups in total. The van der Waals surface area contributed by atoms with Gasteiger partial charge in [0.2, 0.25) is 5.56 Å². The molecule has 3 aromatic rings. The summed E-state index contributed by atoms with van der Waals surface area (Å²) in [5, 5.41) is 0.527. The van der Waals surface area contributed by atoms with Crippen molar-refractivity contribution in [3.63, 3.8) is 0 Å². The van der Waals surface area contributed by atoms with Crippen LogP contribution in [0.5, 0.6) is 0 Å². The zero-order valence-electron chi connectivity index (χ0n) is 9.34. The van der Waals surface area contributed by atoms with Gasteiger partial charge in [-0.15, -0.1) is 0 Å². The lowest BCUT2D eigenvalue weighted by atomic mass is 10.2. The first-order chi connectivity index (χ1) is 8.74. The largest absolute Gasteiger partial charge is 0.454 e. The molecule has 0 aliphatic rings. The number of fused-ring (bicyclic) bond motifs is 1. The third-order valence-corrected chi connectivity index (χ3v) is 2.67. The molecule has 18 heavy (non-hydrogen) atoms. The maximum Gasteiger partial charge on any atom is 0.248 e. The highest BCUT2D eigenvalue weighted by Gasteiger charge is 2.06. The Labute approximate surface area is 102 Å². The van der Waals surface area contributed by atoms with E-state index in [9.17, 15) is 9.59 Å². The second-order valence-corrected chi connectivity index (χ2v) is 3.90. The summed E-state index contributed by atoms with van der Waals surface area (Å²) >= 11 is 0. The summed E-state index contributed by atoms with van der Waals surface area (Å²) in [6, 6.07) is 13.1. The van der Waals surface area contributed by atoms with Crippen molar-refractivity contribution in [2.75, 3.05) is 0 Å². The molecule has 0 unspecified atom stereocenters. The zero-order valence-corrected chi connectivity index (χ0v) is 9.34. The van der Waals surface area contributed by atoms with E-state index in [0.717, 1.165) is 0 Å². The number of hydrogen-bond acceptors (Lipinski definition) is 3. The number of pyridine rings is 1. The third-order valence-electron chi connectivity index (χ3n) is 2.67. The lowest BCUT2D eigenvalue weighted by Crippen LogP contribution is -2.05. The number of rotatable bonds is 1. The van der Waals surface area contributed by atoms with Crippen LogP contribution in [0.25, 0.3) is 22.4 Å². The molecular weight excluding hydrogens is 230 g/mol. The van der Waals surface area contributed by atoms with Gasteiger partial charge in [0.1, 0.15) is 5.58 Å². The lowest BCUT2D eigenvalue weighted by molar-refractivity contribution is 0.616. The van der Waals surface area contributed by atoms with Crippen molar-refractivity contribution in [3.8, 4) is 11.5 Å². The normalized spacial score (nSPS) is 10.7.